The number of benzene rings is 2. The molecule has 2 aromatic carbocycles. The third-order valence-electron chi connectivity index (χ3n) is 6.74. The van der Waals surface area contributed by atoms with E-state index in [-0.39, 0.29) is 12.2 Å². The standard InChI is InChI=1S/C29H31FN6O2/c1-19(2)21-6-4-7-23(15-21)38-18-27-33-34-28(35(27)3)26-11-9-22(16-31-26)32-29(37)24-10-8-20(14-25(24)30)17-36-12-5-13-36/h4,6-11,14-16,19H,5,12-13,17-18H2,1-3H3,(H,32,37). The molecule has 0 unspecified atom stereocenters. The first-order valence-electron chi connectivity index (χ1n) is 12.8. The number of anilines is 1. The van der Waals surface area contributed by atoms with Crippen LogP contribution in [0.2, 0.25) is 0 Å². The van der Waals surface area contributed by atoms with Crippen LogP contribution in [0.4, 0.5) is 10.1 Å². The lowest BCUT2D eigenvalue weighted by atomic mass is 10.0. The summed E-state index contributed by atoms with van der Waals surface area (Å²) in [5.41, 5.74) is 3.12. The molecular weight excluding hydrogens is 483 g/mol. The summed E-state index contributed by atoms with van der Waals surface area (Å²) >= 11 is 0. The van der Waals surface area contributed by atoms with E-state index in [1.807, 2.05) is 29.8 Å². The second-order valence-corrected chi connectivity index (χ2v) is 9.84. The Morgan fingerprint density at radius 3 is 2.63 bits per heavy atom. The molecule has 0 saturated carbocycles. The van der Waals surface area contributed by atoms with Crippen LogP contribution < -0.4 is 10.1 Å². The summed E-state index contributed by atoms with van der Waals surface area (Å²) in [6, 6.07) is 16.2. The molecule has 38 heavy (non-hydrogen) atoms. The van der Waals surface area contributed by atoms with Crippen LogP contribution in [-0.2, 0) is 20.2 Å². The Morgan fingerprint density at radius 2 is 1.95 bits per heavy atom. The number of carbonyl (C=O) groups excluding carboxylic acids is 1. The van der Waals surface area contributed by atoms with Gasteiger partial charge in [0, 0.05) is 13.6 Å². The Kier molecular flexibility index (Phi) is 7.46. The summed E-state index contributed by atoms with van der Waals surface area (Å²) in [5, 5.41) is 11.2. The zero-order chi connectivity index (χ0) is 26.6. The first-order chi connectivity index (χ1) is 18.4. The van der Waals surface area contributed by atoms with Gasteiger partial charge in [-0.2, -0.15) is 0 Å². The fourth-order valence-corrected chi connectivity index (χ4v) is 4.26. The number of ether oxygens (including phenoxy) is 1. The number of aromatic nitrogens is 4. The molecule has 2 aromatic heterocycles. The van der Waals surface area contributed by atoms with E-state index < -0.39 is 11.7 Å². The van der Waals surface area contributed by atoms with Crippen molar-refractivity contribution in [3.05, 3.63) is 89.1 Å². The normalized spacial score (nSPS) is 13.4. The topological polar surface area (TPSA) is 85.2 Å². The molecule has 0 spiro atoms. The lowest BCUT2D eigenvalue weighted by Crippen LogP contribution is -2.36. The maximum atomic E-state index is 14.6. The van der Waals surface area contributed by atoms with E-state index >= 15 is 0 Å². The Morgan fingerprint density at radius 1 is 1.11 bits per heavy atom. The number of nitrogens with zero attached hydrogens (tertiary/aromatic N) is 5. The van der Waals surface area contributed by atoms with Crippen molar-refractivity contribution in [2.75, 3.05) is 18.4 Å². The number of hydrogen-bond donors (Lipinski definition) is 1. The summed E-state index contributed by atoms with van der Waals surface area (Å²) in [4.78, 5) is 19.3. The van der Waals surface area contributed by atoms with Gasteiger partial charge >= 0.3 is 0 Å². The van der Waals surface area contributed by atoms with E-state index in [9.17, 15) is 9.18 Å². The van der Waals surface area contributed by atoms with Crippen LogP contribution in [0.5, 0.6) is 5.75 Å². The summed E-state index contributed by atoms with van der Waals surface area (Å²) in [7, 11) is 1.85. The minimum atomic E-state index is -0.533. The number of rotatable bonds is 9. The number of hydrogen-bond acceptors (Lipinski definition) is 6. The van der Waals surface area contributed by atoms with E-state index in [2.05, 4.69) is 45.3 Å². The van der Waals surface area contributed by atoms with Crippen molar-refractivity contribution < 1.29 is 13.9 Å². The van der Waals surface area contributed by atoms with Gasteiger partial charge in [-0.05, 0) is 73.0 Å². The number of amides is 1. The first kappa shape index (κ1) is 25.5. The maximum absolute atomic E-state index is 14.6. The smallest absolute Gasteiger partial charge is 0.258 e. The van der Waals surface area contributed by atoms with Gasteiger partial charge in [-0.1, -0.05) is 32.0 Å². The number of likely N-dealkylation sites (tertiary alicyclic amines) is 1. The first-order valence-corrected chi connectivity index (χ1v) is 12.8. The molecule has 4 aromatic rings. The Bertz CT molecular complexity index is 1430. The van der Waals surface area contributed by atoms with Crippen LogP contribution in [0.1, 0.15) is 53.5 Å². The average molecular weight is 515 g/mol. The molecule has 1 amide bonds. The molecular formula is C29H31FN6O2. The van der Waals surface area contributed by atoms with Gasteiger partial charge in [-0.25, -0.2) is 4.39 Å². The van der Waals surface area contributed by atoms with Gasteiger partial charge in [0.05, 0.1) is 17.4 Å². The van der Waals surface area contributed by atoms with Crippen molar-refractivity contribution in [3.63, 3.8) is 0 Å². The molecule has 9 heteroatoms. The van der Waals surface area contributed by atoms with Gasteiger partial charge in [0.15, 0.2) is 11.6 Å². The lowest BCUT2D eigenvalue weighted by molar-refractivity contribution is 0.102. The summed E-state index contributed by atoms with van der Waals surface area (Å²) < 4.78 is 22.4. The van der Waals surface area contributed by atoms with Crippen molar-refractivity contribution >= 4 is 11.6 Å². The summed E-state index contributed by atoms with van der Waals surface area (Å²) in [6.45, 7) is 7.31. The lowest BCUT2D eigenvalue weighted by Gasteiger charge is -2.30. The van der Waals surface area contributed by atoms with Crippen molar-refractivity contribution in [2.45, 2.75) is 39.3 Å². The number of nitrogens with one attached hydrogen (secondary N) is 1. The minimum absolute atomic E-state index is 0.00156. The van der Waals surface area contributed by atoms with Gasteiger partial charge < -0.3 is 14.6 Å². The van der Waals surface area contributed by atoms with Gasteiger partial charge in [-0.3, -0.25) is 14.7 Å². The number of halogens is 1. The SMILES string of the molecule is CC(C)c1cccc(OCc2nnc(-c3ccc(NC(=O)c4ccc(CN5CCC5)cc4F)cn3)n2C)c1. The molecule has 196 valence electrons. The fourth-order valence-electron chi connectivity index (χ4n) is 4.26. The average Bonchev–Trinajstić information content (AvgIpc) is 3.25. The van der Waals surface area contributed by atoms with Gasteiger partial charge in [0.2, 0.25) is 0 Å². The zero-order valence-electron chi connectivity index (χ0n) is 21.8. The van der Waals surface area contributed by atoms with Crippen LogP contribution in [0.25, 0.3) is 11.5 Å². The fraction of sp³-hybridized carbons (Fsp3) is 0.310. The number of pyridine rings is 1. The molecule has 0 aliphatic carbocycles. The Labute approximate surface area is 221 Å². The molecule has 3 heterocycles. The minimum Gasteiger partial charge on any atom is -0.486 e. The third kappa shape index (κ3) is 5.73. The van der Waals surface area contributed by atoms with E-state index in [4.69, 9.17) is 4.74 Å². The van der Waals surface area contributed by atoms with Crippen molar-refractivity contribution in [2.24, 2.45) is 7.05 Å². The highest BCUT2D eigenvalue weighted by molar-refractivity contribution is 6.04. The zero-order valence-corrected chi connectivity index (χ0v) is 21.8. The molecule has 0 bridgehead atoms. The molecule has 1 aliphatic heterocycles. The van der Waals surface area contributed by atoms with Crippen molar-refractivity contribution in [1.29, 1.82) is 0 Å². The van der Waals surface area contributed by atoms with E-state index in [0.717, 1.165) is 24.4 Å². The van der Waals surface area contributed by atoms with Crippen molar-refractivity contribution in [1.82, 2.24) is 24.6 Å². The van der Waals surface area contributed by atoms with Gasteiger partial charge in [-0.15, -0.1) is 10.2 Å². The largest absolute Gasteiger partial charge is 0.486 e. The summed E-state index contributed by atoms with van der Waals surface area (Å²) in [5.74, 6) is 1.37. The molecule has 5 rings (SSSR count). The van der Waals surface area contributed by atoms with Crippen LogP contribution in [0, 0.1) is 5.82 Å². The highest BCUT2D eigenvalue weighted by atomic mass is 19.1. The second kappa shape index (κ2) is 11.1. The van der Waals surface area contributed by atoms with Crippen LogP contribution in [-0.4, -0.2) is 43.6 Å². The molecule has 1 aliphatic rings. The predicted octanol–water partition coefficient (Wildman–Crippen LogP) is 5.18. The molecule has 1 fully saturated rings. The molecule has 8 nitrogen and oxygen atoms in total. The molecule has 0 radical (unpaired) electrons. The van der Waals surface area contributed by atoms with E-state index in [0.29, 0.717) is 35.5 Å². The van der Waals surface area contributed by atoms with E-state index in [1.54, 1.807) is 18.2 Å². The maximum Gasteiger partial charge on any atom is 0.258 e. The van der Waals surface area contributed by atoms with Crippen molar-refractivity contribution in [3.8, 4) is 17.3 Å². The monoisotopic (exact) mass is 514 g/mol. The highest BCUT2D eigenvalue weighted by Gasteiger charge is 2.18. The summed E-state index contributed by atoms with van der Waals surface area (Å²) in [6.07, 6.45) is 2.70. The highest BCUT2D eigenvalue weighted by Crippen LogP contribution is 2.22. The second-order valence-electron chi connectivity index (χ2n) is 9.84. The predicted molar refractivity (Wildman–Crippen MR) is 143 cm³/mol. The molecule has 0 atom stereocenters. The van der Waals surface area contributed by atoms with Crippen LogP contribution in [0.15, 0.2) is 60.8 Å². The van der Waals surface area contributed by atoms with Gasteiger partial charge in [0.25, 0.3) is 5.91 Å². The number of carbonyl (C=O) groups is 1. The van der Waals surface area contributed by atoms with Crippen LogP contribution in [0.3, 0.4) is 0 Å². The van der Waals surface area contributed by atoms with Crippen LogP contribution >= 0.6 is 0 Å². The quantitative estimate of drug-likeness (QED) is 0.331. The van der Waals surface area contributed by atoms with Gasteiger partial charge in [0.1, 0.15) is 23.9 Å². The van der Waals surface area contributed by atoms with E-state index in [1.165, 1.54) is 30.3 Å². The Balaban J connectivity index is 1.21. The molecule has 1 N–H and O–H groups in total. The third-order valence-corrected chi connectivity index (χ3v) is 6.74. The Hall–Kier alpha value is -4.11. The molecule has 1 saturated heterocycles.